The van der Waals surface area contributed by atoms with Crippen LogP contribution < -0.4 is 0 Å². The molecular weight excluding hydrogens is 320 g/mol. The maximum Gasteiger partial charge on any atom is 0.308 e. The highest BCUT2D eigenvalue weighted by atomic mass is 16.4. The Morgan fingerprint density at radius 3 is 1.84 bits per heavy atom. The maximum atomic E-state index is 12.5. The van der Waals surface area contributed by atoms with E-state index in [0.29, 0.717) is 6.42 Å². The van der Waals surface area contributed by atoms with Crippen LogP contribution in [0.25, 0.3) is 0 Å². The van der Waals surface area contributed by atoms with E-state index in [-0.39, 0.29) is 23.5 Å². The van der Waals surface area contributed by atoms with E-state index in [4.69, 9.17) is 5.11 Å². The zero-order valence-corrected chi connectivity index (χ0v) is 16.7. The number of hydrogen-bond donors (Lipinski definition) is 3. The summed E-state index contributed by atoms with van der Waals surface area (Å²) in [7, 11) is 0. The van der Waals surface area contributed by atoms with Crippen molar-refractivity contribution in [1.29, 1.82) is 0 Å². The molecule has 146 valence electrons. The first-order chi connectivity index (χ1) is 11.4. The topological polar surface area (TPSA) is 94.8 Å². The van der Waals surface area contributed by atoms with Crippen LogP contribution in [-0.4, -0.2) is 39.3 Å². The lowest BCUT2D eigenvalue weighted by Gasteiger charge is -2.25. The fourth-order valence-corrected chi connectivity index (χ4v) is 3.16. The maximum absolute atomic E-state index is 12.5. The molecule has 0 saturated heterocycles. The molecule has 0 rings (SSSR count). The van der Waals surface area contributed by atoms with E-state index >= 15 is 0 Å². The average molecular weight is 357 g/mol. The summed E-state index contributed by atoms with van der Waals surface area (Å²) in [6.07, 6.45) is 1.62. The number of aliphatic hydroxyl groups is 2. The zero-order chi connectivity index (χ0) is 19.9. The Morgan fingerprint density at radius 2 is 1.40 bits per heavy atom. The van der Waals surface area contributed by atoms with Crippen molar-refractivity contribution in [3.63, 3.8) is 0 Å². The molecule has 0 aliphatic heterocycles. The Bertz CT molecular complexity index is 471. The Hall–Kier alpha value is -1.20. The predicted octanol–water partition coefficient (Wildman–Crippen LogP) is 3.29. The van der Waals surface area contributed by atoms with Gasteiger partial charge in [-0.25, -0.2) is 0 Å². The molecule has 0 aliphatic rings. The van der Waals surface area contributed by atoms with Gasteiger partial charge in [-0.3, -0.25) is 9.59 Å². The van der Waals surface area contributed by atoms with Crippen LogP contribution in [0.1, 0.15) is 61.3 Å². The van der Waals surface area contributed by atoms with Crippen LogP contribution in [-0.2, 0) is 9.59 Å². The first-order valence-corrected chi connectivity index (χ1v) is 9.23. The molecule has 0 radical (unpaired) electrons. The highest BCUT2D eigenvalue weighted by Gasteiger charge is 2.29. The van der Waals surface area contributed by atoms with Gasteiger partial charge in [0.2, 0.25) is 0 Å². The van der Waals surface area contributed by atoms with Crippen LogP contribution in [0.5, 0.6) is 0 Å². The van der Waals surface area contributed by atoms with Crippen LogP contribution in [0.4, 0.5) is 0 Å². The van der Waals surface area contributed by atoms with E-state index in [9.17, 15) is 19.8 Å². The largest absolute Gasteiger partial charge is 0.481 e. The molecule has 0 bridgehead atoms. The molecule has 0 aromatic heterocycles. The van der Waals surface area contributed by atoms with Gasteiger partial charge >= 0.3 is 5.97 Å². The summed E-state index contributed by atoms with van der Waals surface area (Å²) in [5.74, 6) is -2.74. The molecule has 25 heavy (non-hydrogen) atoms. The number of carbonyl (C=O) groups is 2. The smallest absolute Gasteiger partial charge is 0.308 e. The number of allylic oxidation sites excluding steroid dienone is 2. The normalized spacial score (nSPS) is 20.9. The molecule has 0 spiro atoms. The summed E-state index contributed by atoms with van der Waals surface area (Å²) in [5, 5.41) is 29.3. The summed E-state index contributed by atoms with van der Waals surface area (Å²) in [6.45, 7) is 12.7. The van der Waals surface area contributed by atoms with Crippen molar-refractivity contribution in [2.75, 3.05) is 0 Å². The third kappa shape index (κ3) is 7.28. The molecule has 7 atom stereocenters. The second-order valence-corrected chi connectivity index (χ2v) is 7.67. The van der Waals surface area contributed by atoms with Gasteiger partial charge in [0.15, 0.2) is 0 Å². The Morgan fingerprint density at radius 1 is 0.920 bits per heavy atom. The van der Waals surface area contributed by atoms with Crippen LogP contribution in [0.15, 0.2) is 11.6 Å². The summed E-state index contributed by atoms with van der Waals surface area (Å²) in [6, 6.07) is 0. The molecule has 0 fully saturated rings. The zero-order valence-electron chi connectivity index (χ0n) is 16.7. The molecule has 0 aromatic carbocycles. The summed E-state index contributed by atoms with van der Waals surface area (Å²) in [4.78, 5) is 23.5. The fourth-order valence-electron chi connectivity index (χ4n) is 3.16. The van der Waals surface area contributed by atoms with Gasteiger partial charge in [0, 0.05) is 11.8 Å². The number of carbonyl (C=O) groups excluding carboxylic acids is 1. The monoisotopic (exact) mass is 356 g/mol. The molecule has 0 aromatic rings. The SMILES string of the molecule is CCC(C)C(O)C(C)C(=O)C(C)C=C(C)CC(C)C(O)C(C)C(=O)O. The highest BCUT2D eigenvalue weighted by molar-refractivity contribution is 5.85. The highest BCUT2D eigenvalue weighted by Crippen LogP contribution is 2.24. The van der Waals surface area contributed by atoms with E-state index in [1.54, 1.807) is 6.92 Å². The minimum Gasteiger partial charge on any atom is -0.481 e. The molecule has 3 N–H and O–H groups in total. The van der Waals surface area contributed by atoms with Crippen LogP contribution >= 0.6 is 0 Å². The number of carboxylic acid groups (broad SMARTS) is 1. The van der Waals surface area contributed by atoms with Gasteiger partial charge in [-0.05, 0) is 32.1 Å². The first kappa shape index (κ1) is 23.8. The molecule has 0 amide bonds. The van der Waals surface area contributed by atoms with E-state index in [0.717, 1.165) is 12.0 Å². The van der Waals surface area contributed by atoms with Gasteiger partial charge in [-0.2, -0.15) is 0 Å². The molecular formula is C20H36O5. The van der Waals surface area contributed by atoms with Gasteiger partial charge in [0.25, 0.3) is 0 Å². The summed E-state index contributed by atoms with van der Waals surface area (Å²) >= 11 is 0. The van der Waals surface area contributed by atoms with Crippen molar-refractivity contribution in [3.05, 3.63) is 11.6 Å². The molecule has 5 heteroatoms. The quantitative estimate of drug-likeness (QED) is 0.494. The molecule has 5 nitrogen and oxygen atoms in total. The third-order valence-electron chi connectivity index (χ3n) is 5.30. The van der Waals surface area contributed by atoms with Crippen molar-refractivity contribution in [2.45, 2.75) is 73.5 Å². The number of aliphatic hydroxyl groups excluding tert-OH is 2. The molecule has 0 heterocycles. The van der Waals surface area contributed by atoms with Crippen molar-refractivity contribution in [2.24, 2.45) is 29.6 Å². The van der Waals surface area contributed by atoms with E-state index in [2.05, 4.69) is 0 Å². The van der Waals surface area contributed by atoms with Crippen LogP contribution in [0, 0.1) is 29.6 Å². The molecule has 0 saturated carbocycles. The predicted molar refractivity (Wildman–Crippen MR) is 99.1 cm³/mol. The van der Waals surface area contributed by atoms with Crippen molar-refractivity contribution in [3.8, 4) is 0 Å². The van der Waals surface area contributed by atoms with Gasteiger partial charge in [-0.1, -0.05) is 52.7 Å². The molecule has 7 unspecified atom stereocenters. The minimum absolute atomic E-state index is 0.000689. The second kappa shape index (κ2) is 10.7. The van der Waals surface area contributed by atoms with Crippen LogP contribution in [0.3, 0.4) is 0 Å². The fraction of sp³-hybridized carbons (Fsp3) is 0.800. The summed E-state index contributed by atoms with van der Waals surface area (Å²) < 4.78 is 0. The van der Waals surface area contributed by atoms with Gasteiger partial charge in [0.05, 0.1) is 18.1 Å². The third-order valence-corrected chi connectivity index (χ3v) is 5.30. The number of aliphatic carboxylic acids is 1. The van der Waals surface area contributed by atoms with Gasteiger partial charge in [-0.15, -0.1) is 0 Å². The van der Waals surface area contributed by atoms with Gasteiger partial charge < -0.3 is 15.3 Å². The number of hydrogen-bond acceptors (Lipinski definition) is 4. The average Bonchev–Trinajstić information content (AvgIpc) is 2.56. The number of Topliss-reactive ketones (excluding diaryl/α,β-unsaturated/α-hetero) is 1. The minimum atomic E-state index is -1.02. The van der Waals surface area contributed by atoms with Crippen molar-refractivity contribution >= 4 is 11.8 Å². The molecule has 0 aliphatic carbocycles. The lowest BCUT2D eigenvalue weighted by molar-refractivity contribution is -0.146. The van der Waals surface area contributed by atoms with Crippen molar-refractivity contribution in [1.82, 2.24) is 0 Å². The van der Waals surface area contributed by atoms with E-state index in [1.807, 2.05) is 40.7 Å². The Labute approximate surface area is 152 Å². The van der Waals surface area contributed by atoms with Crippen molar-refractivity contribution < 1.29 is 24.9 Å². The lowest BCUT2D eigenvalue weighted by atomic mass is 9.83. The van der Waals surface area contributed by atoms with E-state index in [1.165, 1.54) is 6.92 Å². The number of rotatable bonds is 11. The second-order valence-electron chi connectivity index (χ2n) is 7.67. The Balaban J connectivity index is 4.86. The first-order valence-electron chi connectivity index (χ1n) is 9.23. The summed E-state index contributed by atoms with van der Waals surface area (Å²) in [5.41, 5.74) is 0.940. The number of ketones is 1. The van der Waals surface area contributed by atoms with Crippen LogP contribution in [0.2, 0.25) is 0 Å². The lowest BCUT2D eigenvalue weighted by Crippen LogP contribution is -2.33. The Kier molecular flexibility index (Phi) is 10.2. The van der Waals surface area contributed by atoms with E-state index < -0.39 is 30.0 Å². The standard InChI is InChI=1S/C20H36O5/c1-8-12(3)17(21)15(6)18(22)13(4)9-11(2)10-14(5)19(23)16(7)20(24)25/h9,12-17,19,21,23H,8,10H2,1-7H3,(H,24,25). The number of carboxylic acids is 1. The van der Waals surface area contributed by atoms with Gasteiger partial charge in [0.1, 0.15) is 5.78 Å².